The van der Waals surface area contributed by atoms with Gasteiger partial charge in [0.2, 0.25) is 0 Å². The predicted octanol–water partition coefficient (Wildman–Crippen LogP) is 4.63. The van der Waals surface area contributed by atoms with Gasteiger partial charge in [-0.1, -0.05) is 35.9 Å². The van der Waals surface area contributed by atoms with Crippen molar-refractivity contribution < 1.29 is 4.79 Å². The number of hydrogen-bond donors (Lipinski definition) is 1. The number of benzene rings is 2. The van der Waals surface area contributed by atoms with Gasteiger partial charge in [-0.2, -0.15) is 0 Å². The number of amides is 2. The van der Waals surface area contributed by atoms with Gasteiger partial charge < -0.3 is 14.8 Å². The lowest BCUT2D eigenvalue weighted by Gasteiger charge is -2.32. The maximum Gasteiger partial charge on any atom is 0.321 e. The minimum absolute atomic E-state index is 0.0790. The van der Waals surface area contributed by atoms with E-state index in [0.717, 1.165) is 38.0 Å². The monoisotopic (exact) mass is 368 g/mol. The fourth-order valence-electron chi connectivity index (χ4n) is 3.51. The lowest BCUT2D eigenvalue weighted by Crippen LogP contribution is -2.41. The number of para-hydroxylation sites is 3. The van der Waals surface area contributed by atoms with Gasteiger partial charge in [0.15, 0.2) is 0 Å². The Morgan fingerprint density at radius 3 is 2.65 bits per heavy atom. The van der Waals surface area contributed by atoms with Crippen molar-refractivity contribution in [3.05, 3.63) is 59.9 Å². The van der Waals surface area contributed by atoms with Crippen molar-refractivity contribution in [3.63, 3.8) is 0 Å². The third-order valence-corrected chi connectivity index (χ3v) is 5.33. The highest BCUT2D eigenvalue weighted by Gasteiger charge is 2.23. The van der Waals surface area contributed by atoms with Crippen molar-refractivity contribution in [2.45, 2.75) is 19.4 Å². The molecule has 0 atom stereocenters. The summed E-state index contributed by atoms with van der Waals surface area (Å²) in [6.07, 6.45) is 3.89. The van der Waals surface area contributed by atoms with E-state index in [1.54, 1.807) is 6.07 Å². The Labute approximate surface area is 157 Å². The van der Waals surface area contributed by atoms with Crippen LogP contribution in [-0.4, -0.2) is 33.6 Å². The Kier molecular flexibility index (Phi) is 4.80. The summed E-state index contributed by atoms with van der Waals surface area (Å²) in [6.45, 7) is 2.46. The smallest absolute Gasteiger partial charge is 0.321 e. The van der Waals surface area contributed by atoms with Gasteiger partial charge in [-0.05, 0) is 43.0 Å². The minimum Gasteiger partial charge on any atom is -0.330 e. The third-order valence-electron chi connectivity index (χ3n) is 5.00. The van der Waals surface area contributed by atoms with Crippen LogP contribution in [0.1, 0.15) is 12.8 Å². The molecule has 3 aromatic rings. The van der Waals surface area contributed by atoms with Crippen LogP contribution in [0.4, 0.5) is 10.5 Å². The third kappa shape index (κ3) is 3.53. The number of urea groups is 1. The molecule has 134 valence electrons. The fraction of sp³-hybridized carbons (Fsp3) is 0.300. The molecule has 0 spiro atoms. The number of piperidine rings is 1. The Morgan fingerprint density at radius 2 is 1.85 bits per heavy atom. The first-order valence-electron chi connectivity index (χ1n) is 8.91. The number of anilines is 1. The van der Waals surface area contributed by atoms with E-state index in [-0.39, 0.29) is 6.03 Å². The maximum absolute atomic E-state index is 12.5. The standard InChI is InChI=1S/C20H21ClN4O/c21-16-5-1-2-6-17(16)23-20(26)24-11-9-15(10-12-24)13-25-14-22-18-7-3-4-8-19(18)25/h1-8,14-15H,9-13H2,(H,23,26). The molecule has 2 amide bonds. The molecule has 0 radical (unpaired) electrons. The second-order valence-corrected chi connectivity index (χ2v) is 7.13. The number of carbonyl (C=O) groups is 1. The molecule has 5 nitrogen and oxygen atoms in total. The summed E-state index contributed by atoms with van der Waals surface area (Å²) < 4.78 is 2.22. The molecule has 26 heavy (non-hydrogen) atoms. The molecule has 2 aromatic carbocycles. The topological polar surface area (TPSA) is 50.2 Å². The van der Waals surface area contributed by atoms with Crippen molar-refractivity contribution in [3.8, 4) is 0 Å². The average Bonchev–Trinajstić information content (AvgIpc) is 3.07. The molecule has 1 saturated heterocycles. The molecule has 2 heterocycles. The van der Waals surface area contributed by atoms with Gasteiger partial charge in [0.25, 0.3) is 0 Å². The summed E-state index contributed by atoms with van der Waals surface area (Å²) >= 11 is 6.12. The number of hydrogen-bond acceptors (Lipinski definition) is 2. The van der Waals surface area contributed by atoms with Gasteiger partial charge in [-0.3, -0.25) is 0 Å². The lowest BCUT2D eigenvalue weighted by atomic mass is 9.97. The second-order valence-electron chi connectivity index (χ2n) is 6.73. The number of fused-ring (bicyclic) bond motifs is 1. The van der Waals surface area contributed by atoms with Gasteiger partial charge >= 0.3 is 6.03 Å². The quantitative estimate of drug-likeness (QED) is 0.732. The zero-order chi connectivity index (χ0) is 17.9. The molecule has 0 saturated carbocycles. The number of nitrogens with zero attached hydrogens (tertiary/aromatic N) is 3. The molecule has 1 fully saturated rings. The average molecular weight is 369 g/mol. The molecule has 0 bridgehead atoms. The number of nitrogens with one attached hydrogen (secondary N) is 1. The Hall–Kier alpha value is -2.53. The first kappa shape index (κ1) is 16.9. The van der Waals surface area contributed by atoms with Crippen LogP contribution < -0.4 is 5.32 Å². The highest BCUT2D eigenvalue weighted by Crippen LogP contribution is 2.24. The molecule has 1 aromatic heterocycles. The SMILES string of the molecule is O=C(Nc1ccccc1Cl)N1CCC(Cn2cnc3ccccc32)CC1. The number of likely N-dealkylation sites (tertiary alicyclic amines) is 1. The van der Waals surface area contributed by atoms with Crippen LogP contribution in [-0.2, 0) is 6.54 Å². The Balaban J connectivity index is 1.34. The van der Waals surface area contributed by atoms with Crippen molar-refractivity contribution >= 4 is 34.4 Å². The minimum atomic E-state index is -0.0790. The van der Waals surface area contributed by atoms with Crippen molar-refractivity contribution in [2.24, 2.45) is 5.92 Å². The molecule has 4 rings (SSSR count). The van der Waals surface area contributed by atoms with Crippen LogP contribution >= 0.6 is 11.6 Å². The fourth-order valence-corrected chi connectivity index (χ4v) is 3.69. The van der Waals surface area contributed by atoms with E-state index < -0.39 is 0 Å². The Morgan fingerprint density at radius 1 is 1.12 bits per heavy atom. The van der Waals surface area contributed by atoms with Gasteiger partial charge in [-0.15, -0.1) is 0 Å². The maximum atomic E-state index is 12.5. The van der Waals surface area contributed by atoms with Crippen LogP contribution in [0.15, 0.2) is 54.9 Å². The molecule has 0 aliphatic carbocycles. The molecule has 1 N–H and O–H groups in total. The number of aromatic nitrogens is 2. The zero-order valence-corrected chi connectivity index (χ0v) is 15.2. The number of carbonyl (C=O) groups excluding carboxylic acids is 1. The summed E-state index contributed by atoms with van der Waals surface area (Å²) in [5.41, 5.74) is 2.86. The van der Waals surface area contributed by atoms with Crippen LogP contribution in [0.25, 0.3) is 11.0 Å². The summed E-state index contributed by atoms with van der Waals surface area (Å²) in [5.74, 6) is 0.553. The molecule has 6 heteroatoms. The van der Waals surface area contributed by atoms with Crippen molar-refractivity contribution in [1.82, 2.24) is 14.5 Å². The first-order valence-corrected chi connectivity index (χ1v) is 9.29. The second kappa shape index (κ2) is 7.38. The van der Waals surface area contributed by atoms with Crippen LogP contribution in [0.5, 0.6) is 0 Å². The van der Waals surface area contributed by atoms with Crippen LogP contribution in [0, 0.1) is 5.92 Å². The van der Waals surface area contributed by atoms with E-state index in [1.807, 2.05) is 47.6 Å². The Bertz CT molecular complexity index is 915. The molecular weight excluding hydrogens is 348 g/mol. The van der Waals surface area contributed by atoms with Crippen LogP contribution in [0.2, 0.25) is 5.02 Å². The summed E-state index contributed by atoms with van der Waals surface area (Å²) in [6, 6.07) is 15.4. The normalized spacial score (nSPS) is 15.3. The number of halogens is 1. The van der Waals surface area contributed by atoms with E-state index in [1.165, 1.54) is 5.52 Å². The molecule has 0 unspecified atom stereocenters. The lowest BCUT2D eigenvalue weighted by molar-refractivity contribution is 0.177. The van der Waals surface area contributed by atoms with Gasteiger partial charge in [-0.25, -0.2) is 9.78 Å². The van der Waals surface area contributed by atoms with Gasteiger partial charge in [0.05, 0.1) is 28.1 Å². The first-order chi connectivity index (χ1) is 12.7. The molecule has 1 aliphatic heterocycles. The zero-order valence-electron chi connectivity index (χ0n) is 14.4. The summed E-state index contributed by atoms with van der Waals surface area (Å²) in [5, 5.41) is 3.46. The van der Waals surface area contributed by atoms with Crippen molar-refractivity contribution in [1.29, 1.82) is 0 Å². The number of imidazole rings is 1. The highest BCUT2D eigenvalue weighted by atomic mass is 35.5. The summed E-state index contributed by atoms with van der Waals surface area (Å²) in [4.78, 5) is 18.8. The van der Waals surface area contributed by atoms with Crippen molar-refractivity contribution in [2.75, 3.05) is 18.4 Å². The van der Waals surface area contributed by atoms with Gasteiger partial charge in [0, 0.05) is 19.6 Å². The molecular formula is C20H21ClN4O. The largest absolute Gasteiger partial charge is 0.330 e. The number of rotatable bonds is 3. The van der Waals surface area contributed by atoms with E-state index >= 15 is 0 Å². The highest BCUT2D eigenvalue weighted by molar-refractivity contribution is 6.33. The van der Waals surface area contributed by atoms with E-state index in [0.29, 0.717) is 16.6 Å². The van der Waals surface area contributed by atoms with Gasteiger partial charge in [0.1, 0.15) is 0 Å². The molecule has 1 aliphatic rings. The predicted molar refractivity (Wildman–Crippen MR) is 105 cm³/mol. The summed E-state index contributed by atoms with van der Waals surface area (Å²) in [7, 11) is 0. The van der Waals surface area contributed by atoms with E-state index in [9.17, 15) is 4.79 Å². The van der Waals surface area contributed by atoms with Crippen LogP contribution in [0.3, 0.4) is 0 Å². The van der Waals surface area contributed by atoms with E-state index in [2.05, 4.69) is 20.9 Å². The van der Waals surface area contributed by atoms with E-state index in [4.69, 9.17) is 11.6 Å².